The third-order valence-corrected chi connectivity index (χ3v) is 4.23. The molecule has 0 radical (unpaired) electrons. The van der Waals surface area contributed by atoms with Crippen LogP contribution in [0.5, 0.6) is 11.5 Å². The summed E-state index contributed by atoms with van der Waals surface area (Å²) in [4.78, 5) is 0. The molecule has 0 fully saturated rings. The molecule has 0 saturated heterocycles. The fourth-order valence-electron chi connectivity index (χ4n) is 2.63. The van der Waals surface area contributed by atoms with E-state index in [0.717, 1.165) is 24.1 Å². The molecule has 1 heterocycles. The quantitative estimate of drug-likeness (QED) is 0.599. The van der Waals surface area contributed by atoms with Crippen molar-refractivity contribution in [1.29, 1.82) is 0 Å². The van der Waals surface area contributed by atoms with E-state index in [1.54, 1.807) is 11.8 Å². The highest BCUT2D eigenvalue weighted by Crippen LogP contribution is 2.32. The molecule has 1 aromatic heterocycles. The number of halogens is 1. The van der Waals surface area contributed by atoms with Crippen molar-refractivity contribution >= 4 is 17.5 Å². The largest absolute Gasteiger partial charge is 0.493 e. The molecule has 27 heavy (non-hydrogen) atoms. The van der Waals surface area contributed by atoms with Crippen LogP contribution in [-0.2, 0) is 19.7 Å². The molecule has 0 saturated carbocycles. The molecule has 142 valence electrons. The predicted molar refractivity (Wildman–Crippen MR) is 104 cm³/mol. The van der Waals surface area contributed by atoms with E-state index >= 15 is 0 Å². The lowest BCUT2D eigenvalue weighted by Gasteiger charge is -2.16. The zero-order valence-electron chi connectivity index (χ0n) is 15.4. The Hall–Kier alpha value is -2.80. The zero-order valence-corrected chi connectivity index (χ0v) is 16.1. The highest BCUT2D eigenvalue weighted by Gasteiger charge is 2.12. The normalized spacial score (nSPS) is 10.6. The first kappa shape index (κ1) is 19.0. The van der Waals surface area contributed by atoms with Gasteiger partial charge in [0.25, 0.3) is 0 Å². The van der Waals surface area contributed by atoms with Gasteiger partial charge in [-0.15, -0.1) is 0 Å². The van der Waals surface area contributed by atoms with E-state index in [-0.39, 0.29) is 0 Å². The maximum absolute atomic E-state index is 6.07. The monoisotopic (exact) mass is 387 g/mol. The third kappa shape index (κ3) is 4.89. The number of para-hydroxylation sites is 1. The summed E-state index contributed by atoms with van der Waals surface area (Å²) in [7, 11) is 1.63. The number of nitrogens with zero attached hydrogens (tertiary/aromatic N) is 4. The van der Waals surface area contributed by atoms with E-state index in [9.17, 15) is 0 Å². The van der Waals surface area contributed by atoms with Gasteiger partial charge in [-0.05, 0) is 40.6 Å². The number of hydrogen-bond acceptors (Lipinski definition) is 6. The minimum absolute atomic E-state index is 0.415. The molecule has 7 nitrogen and oxygen atoms in total. The molecule has 2 aromatic carbocycles. The van der Waals surface area contributed by atoms with E-state index in [1.807, 2.05) is 42.5 Å². The van der Waals surface area contributed by atoms with Crippen molar-refractivity contribution in [3.63, 3.8) is 0 Å². The summed E-state index contributed by atoms with van der Waals surface area (Å²) in [5, 5.41) is 15.7. The third-order valence-electron chi connectivity index (χ3n) is 3.98. The van der Waals surface area contributed by atoms with Gasteiger partial charge in [-0.25, -0.2) is 4.68 Å². The maximum Gasteiger partial charge on any atom is 0.243 e. The molecular formula is C19H22ClN5O2. The van der Waals surface area contributed by atoms with Gasteiger partial charge in [-0.2, -0.15) is 0 Å². The minimum Gasteiger partial charge on any atom is -0.493 e. The van der Waals surface area contributed by atoms with Gasteiger partial charge in [0.05, 0.1) is 7.11 Å². The first-order valence-electron chi connectivity index (χ1n) is 8.74. The summed E-state index contributed by atoms with van der Waals surface area (Å²) in [6.45, 7) is 3.76. The molecule has 0 spiro atoms. The Labute approximate surface area is 163 Å². The van der Waals surface area contributed by atoms with Crippen molar-refractivity contribution in [1.82, 2.24) is 20.2 Å². The number of benzene rings is 2. The number of anilines is 1. The second kappa shape index (κ2) is 9.23. The van der Waals surface area contributed by atoms with Crippen molar-refractivity contribution in [2.24, 2.45) is 0 Å². The van der Waals surface area contributed by atoms with Crippen molar-refractivity contribution in [2.45, 2.75) is 33.0 Å². The number of ether oxygens (including phenoxy) is 2. The summed E-state index contributed by atoms with van der Waals surface area (Å²) in [6, 6.07) is 13.4. The summed E-state index contributed by atoms with van der Waals surface area (Å²) in [6.07, 6.45) is 0.953. The number of methoxy groups -OCH3 is 1. The van der Waals surface area contributed by atoms with Crippen LogP contribution in [0.25, 0.3) is 0 Å². The highest BCUT2D eigenvalue weighted by molar-refractivity contribution is 6.30. The standard InChI is InChI=1S/C19H22ClN5O2/c1-3-11-25-19(22-23-24-25)21-12-15-5-4-6-17(26-2)18(15)27-13-14-7-9-16(20)10-8-14/h4-10H,3,11-13H2,1-2H3,(H,21,22,24). The number of hydrogen-bond donors (Lipinski definition) is 1. The summed E-state index contributed by atoms with van der Waals surface area (Å²) in [5.41, 5.74) is 1.98. The second-order valence-corrected chi connectivity index (χ2v) is 6.38. The first-order chi connectivity index (χ1) is 13.2. The van der Waals surface area contributed by atoms with Crippen LogP contribution in [0.2, 0.25) is 5.02 Å². The molecule has 0 atom stereocenters. The van der Waals surface area contributed by atoms with Gasteiger partial charge in [0.1, 0.15) is 6.61 Å². The van der Waals surface area contributed by atoms with Crippen LogP contribution in [0.3, 0.4) is 0 Å². The Bertz CT molecular complexity index is 867. The summed E-state index contributed by atoms with van der Waals surface area (Å²) in [5.74, 6) is 2.00. The highest BCUT2D eigenvalue weighted by atomic mass is 35.5. The van der Waals surface area contributed by atoms with Crippen LogP contribution in [0.4, 0.5) is 5.95 Å². The van der Waals surface area contributed by atoms with Gasteiger partial charge in [0.15, 0.2) is 11.5 Å². The average Bonchev–Trinajstić information content (AvgIpc) is 3.13. The van der Waals surface area contributed by atoms with E-state index in [1.165, 1.54) is 0 Å². The molecule has 0 aliphatic heterocycles. The smallest absolute Gasteiger partial charge is 0.243 e. The molecule has 3 rings (SSSR count). The van der Waals surface area contributed by atoms with E-state index < -0.39 is 0 Å². The Morgan fingerprint density at radius 1 is 1.15 bits per heavy atom. The lowest BCUT2D eigenvalue weighted by atomic mass is 10.1. The minimum atomic E-state index is 0.415. The number of aromatic nitrogens is 4. The molecule has 0 amide bonds. The SMILES string of the molecule is CCCn1nnnc1NCc1cccc(OC)c1OCc1ccc(Cl)cc1. The molecule has 8 heteroatoms. The van der Waals surface area contributed by atoms with Crippen LogP contribution >= 0.6 is 11.6 Å². The van der Waals surface area contributed by atoms with Gasteiger partial charge in [0, 0.05) is 23.7 Å². The Morgan fingerprint density at radius 3 is 2.70 bits per heavy atom. The molecule has 0 unspecified atom stereocenters. The Kier molecular flexibility index (Phi) is 6.49. The summed E-state index contributed by atoms with van der Waals surface area (Å²) < 4.78 is 13.3. The lowest BCUT2D eigenvalue weighted by molar-refractivity contribution is 0.281. The van der Waals surface area contributed by atoms with Crippen LogP contribution in [0, 0.1) is 0 Å². The van der Waals surface area contributed by atoms with Crippen molar-refractivity contribution in [3.8, 4) is 11.5 Å². The second-order valence-electron chi connectivity index (χ2n) is 5.94. The van der Waals surface area contributed by atoms with Crippen LogP contribution in [-0.4, -0.2) is 27.3 Å². The van der Waals surface area contributed by atoms with E-state index in [2.05, 4.69) is 27.8 Å². The van der Waals surface area contributed by atoms with Crippen molar-refractivity contribution in [3.05, 3.63) is 58.6 Å². The van der Waals surface area contributed by atoms with Crippen LogP contribution < -0.4 is 14.8 Å². The first-order valence-corrected chi connectivity index (χ1v) is 9.12. The lowest BCUT2D eigenvalue weighted by Crippen LogP contribution is -2.10. The van der Waals surface area contributed by atoms with Crippen molar-refractivity contribution < 1.29 is 9.47 Å². The zero-order chi connectivity index (χ0) is 19.1. The molecular weight excluding hydrogens is 366 g/mol. The van der Waals surface area contributed by atoms with Gasteiger partial charge in [-0.1, -0.05) is 47.9 Å². The number of nitrogens with one attached hydrogen (secondary N) is 1. The predicted octanol–water partition coefficient (Wildman–Crippen LogP) is 3.94. The molecule has 1 N–H and O–H groups in total. The van der Waals surface area contributed by atoms with Crippen molar-refractivity contribution in [2.75, 3.05) is 12.4 Å². The van der Waals surface area contributed by atoms with E-state index in [4.69, 9.17) is 21.1 Å². The van der Waals surface area contributed by atoms with Crippen LogP contribution in [0.1, 0.15) is 24.5 Å². The van der Waals surface area contributed by atoms with Gasteiger partial charge in [-0.3, -0.25) is 0 Å². The molecule has 3 aromatic rings. The maximum atomic E-state index is 6.07. The molecule has 0 aliphatic carbocycles. The number of aryl methyl sites for hydroxylation is 1. The van der Waals surface area contributed by atoms with Gasteiger partial charge >= 0.3 is 0 Å². The Morgan fingerprint density at radius 2 is 1.96 bits per heavy atom. The Balaban J connectivity index is 1.74. The number of tetrazole rings is 1. The topological polar surface area (TPSA) is 74.1 Å². The molecule has 0 bridgehead atoms. The number of rotatable bonds is 9. The van der Waals surface area contributed by atoms with Crippen LogP contribution in [0.15, 0.2) is 42.5 Å². The summed E-state index contributed by atoms with van der Waals surface area (Å²) >= 11 is 5.94. The average molecular weight is 388 g/mol. The van der Waals surface area contributed by atoms with Gasteiger partial charge < -0.3 is 14.8 Å². The van der Waals surface area contributed by atoms with Gasteiger partial charge in [0.2, 0.25) is 5.95 Å². The fraction of sp³-hybridized carbons (Fsp3) is 0.316. The fourth-order valence-corrected chi connectivity index (χ4v) is 2.76. The van der Waals surface area contributed by atoms with E-state index in [0.29, 0.717) is 35.6 Å². The molecule has 0 aliphatic rings.